The van der Waals surface area contributed by atoms with Gasteiger partial charge in [-0.15, -0.1) is 0 Å². The molecule has 0 saturated carbocycles. The van der Waals surface area contributed by atoms with E-state index >= 15 is 0 Å². The number of hydrogen-bond donors (Lipinski definition) is 1. The van der Waals surface area contributed by atoms with E-state index in [2.05, 4.69) is 19.7 Å². The van der Waals surface area contributed by atoms with Crippen molar-refractivity contribution >= 4 is 31.2 Å². The summed E-state index contributed by atoms with van der Waals surface area (Å²) in [6.07, 6.45) is 1.37. The van der Waals surface area contributed by atoms with Gasteiger partial charge in [-0.3, -0.25) is 9.09 Å². The third-order valence-corrected chi connectivity index (χ3v) is 3.94. The monoisotopic (exact) mass is 387 g/mol. The number of nitrogens with two attached hydrogens (primary N) is 1. The maximum Gasteiger partial charge on any atom is 0.510 e. The molecule has 26 heavy (non-hydrogen) atoms. The summed E-state index contributed by atoms with van der Waals surface area (Å²) in [5.41, 5.74) is 6.84. The van der Waals surface area contributed by atoms with Gasteiger partial charge in [0.15, 0.2) is 11.5 Å². The highest BCUT2D eigenvalue weighted by atomic mass is 31.1. The molecule has 12 heteroatoms. The molecule has 0 aromatic carbocycles. The number of anilines is 1. The maximum atomic E-state index is 11.8. The molecule has 0 aliphatic carbocycles. The minimum Gasteiger partial charge on any atom is -0.432 e. The van der Waals surface area contributed by atoms with Gasteiger partial charge in [0, 0.05) is 0 Å². The van der Waals surface area contributed by atoms with E-state index in [1.807, 2.05) is 6.92 Å². The number of imidazole rings is 1. The van der Waals surface area contributed by atoms with Crippen LogP contribution in [-0.2, 0) is 29.8 Å². The largest absolute Gasteiger partial charge is 0.510 e. The first-order valence-electron chi connectivity index (χ1n) is 7.88. The number of nitrogen functional groups attached to an aromatic ring is 1. The number of hydrogen-bond acceptors (Lipinski definition) is 10. The first kappa shape index (κ1) is 20.1. The smallest absolute Gasteiger partial charge is 0.432 e. The Hall–Kier alpha value is -2.23. The van der Waals surface area contributed by atoms with Crippen molar-refractivity contribution in [3.63, 3.8) is 0 Å². The van der Waals surface area contributed by atoms with Crippen molar-refractivity contribution in [2.45, 2.75) is 39.5 Å². The minimum absolute atomic E-state index is 0.113. The Morgan fingerprint density at radius 3 is 2.81 bits per heavy atom. The fraction of sp³-hybridized carbons (Fsp3) is 0.571. The number of fused-ring (bicyclic) bond motifs is 1. The summed E-state index contributed by atoms with van der Waals surface area (Å²) in [6.45, 7) is 5.15. The van der Waals surface area contributed by atoms with Crippen molar-refractivity contribution in [2.24, 2.45) is 0 Å². The molecule has 2 aromatic heterocycles. The Balaban J connectivity index is 1.72. The number of nitrogens with zero attached hydrogens (tertiary/aromatic N) is 4. The summed E-state index contributed by atoms with van der Waals surface area (Å²) in [5, 5.41) is 0. The van der Waals surface area contributed by atoms with Gasteiger partial charge >= 0.3 is 6.16 Å². The molecule has 0 radical (unpaired) electrons. The first-order chi connectivity index (χ1) is 12.4. The molecule has 2 heterocycles. The second-order valence-corrected chi connectivity index (χ2v) is 6.97. The van der Waals surface area contributed by atoms with Gasteiger partial charge < -0.3 is 24.5 Å². The zero-order chi connectivity index (χ0) is 19.1. The van der Waals surface area contributed by atoms with E-state index < -0.39 is 21.0 Å². The molecule has 0 aliphatic rings. The molecule has 0 bridgehead atoms. The van der Waals surface area contributed by atoms with Crippen LogP contribution in [0.2, 0.25) is 0 Å². The second kappa shape index (κ2) is 9.46. The van der Waals surface area contributed by atoms with Crippen LogP contribution < -0.4 is 5.73 Å². The van der Waals surface area contributed by atoms with Gasteiger partial charge in [-0.2, -0.15) is 0 Å². The second-order valence-electron chi connectivity index (χ2n) is 5.64. The van der Waals surface area contributed by atoms with E-state index in [-0.39, 0.29) is 18.6 Å². The molecule has 2 rings (SSSR count). The Morgan fingerprint density at radius 2 is 2.08 bits per heavy atom. The van der Waals surface area contributed by atoms with Gasteiger partial charge in [0.25, 0.3) is 0 Å². The van der Waals surface area contributed by atoms with Crippen LogP contribution in [-0.4, -0.2) is 51.0 Å². The summed E-state index contributed by atoms with van der Waals surface area (Å²) in [7, 11) is -2.51. The maximum absolute atomic E-state index is 11.8. The number of carbonyl (C=O) groups is 1. The molecule has 2 aromatic rings. The summed E-state index contributed by atoms with van der Waals surface area (Å²) < 4.78 is 33.3. The van der Waals surface area contributed by atoms with Crippen LogP contribution in [0.1, 0.15) is 20.8 Å². The number of rotatable bonds is 9. The molecule has 2 unspecified atom stereocenters. The Labute approximate surface area is 150 Å². The SMILES string of the molecule is CC(C)OC(=O)OCO[PH](=O)COC(C)Cn1cnc2c(N)ncnc21. The predicted molar refractivity (Wildman–Crippen MR) is 92.8 cm³/mol. The predicted octanol–water partition coefficient (Wildman–Crippen LogP) is 1.78. The van der Waals surface area contributed by atoms with Gasteiger partial charge in [-0.05, 0) is 20.8 Å². The van der Waals surface area contributed by atoms with Crippen LogP contribution >= 0.6 is 8.03 Å². The van der Waals surface area contributed by atoms with Crippen molar-refractivity contribution < 1.29 is 28.1 Å². The summed E-state index contributed by atoms with van der Waals surface area (Å²) in [4.78, 5) is 23.3. The Kier molecular flexibility index (Phi) is 7.31. The first-order valence-corrected chi connectivity index (χ1v) is 9.41. The fourth-order valence-electron chi connectivity index (χ4n) is 1.98. The van der Waals surface area contributed by atoms with E-state index in [1.165, 1.54) is 6.33 Å². The molecule has 2 N–H and O–H groups in total. The zero-order valence-electron chi connectivity index (χ0n) is 14.7. The summed E-state index contributed by atoms with van der Waals surface area (Å²) in [6, 6.07) is 0. The Morgan fingerprint density at radius 1 is 1.31 bits per heavy atom. The molecule has 11 nitrogen and oxygen atoms in total. The van der Waals surface area contributed by atoms with E-state index in [4.69, 9.17) is 19.7 Å². The molecule has 144 valence electrons. The van der Waals surface area contributed by atoms with Crippen molar-refractivity contribution in [1.29, 1.82) is 0 Å². The third kappa shape index (κ3) is 5.94. The number of carbonyl (C=O) groups excluding carboxylic acids is 1. The van der Waals surface area contributed by atoms with Crippen molar-refractivity contribution in [3.8, 4) is 0 Å². The van der Waals surface area contributed by atoms with E-state index in [0.29, 0.717) is 23.5 Å². The van der Waals surface area contributed by atoms with E-state index in [9.17, 15) is 9.36 Å². The lowest BCUT2D eigenvalue weighted by Gasteiger charge is -2.14. The lowest BCUT2D eigenvalue weighted by Crippen LogP contribution is -2.17. The molecule has 0 spiro atoms. The fourth-order valence-corrected chi connectivity index (χ4v) is 2.68. The van der Waals surface area contributed by atoms with Crippen molar-refractivity contribution in [2.75, 3.05) is 18.9 Å². The van der Waals surface area contributed by atoms with Crippen LogP contribution in [0.3, 0.4) is 0 Å². The quantitative estimate of drug-likeness (QED) is 0.384. The van der Waals surface area contributed by atoms with Crippen LogP contribution in [0.5, 0.6) is 0 Å². The van der Waals surface area contributed by atoms with Crippen LogP contribution in [0, 0.1) is 0 Å². The van der Waals surface area contributed by atoms with E-state index in [0.717, 1.165) is 0 Å². The molecule has 0 amide bonds. The highest BCUT2D eigenvalue weighted by Crippen LogP contribution is 2.23. The normalized spacial score (nSPS) is 13.7. The average Bonchev–Trinajstić information content (AvgIpc) is 2.97. The molecule has 0 saturated heterocycles. The zero-order valence-corrected chi connectivity index (χ0v) is 15.7. The molecule has 0 fully saturated rings. The molecular weight excluding hydrogens is 365 g/mol. The molecule has 2 atom stereocenters. The highest BCUT2D eigenvalue weighted by molar-refractivity contribution is 7.38. The standard InChI is InChI=1S/C14H22N5O6P/c1-9(2)25-14(20)22-7-24-26(21)8-23-10(3)4-19-6-18-11-12(15)16-5-17-13(11)19/h5-6,9-10,26H,4,7-8H2,1-3H3,(H2,15,16,17). The van der Waals surface area contributed by atoms with Gasteiger partial charge in [-0.1, -0.05) is 0 Å². The molecule has 0 aliphatic heterocycles. The van der Waals surface area contributed by atoms with Gasteiger partial charge in [-0.25, -0.2) is 19.7 Å². The summed E-state index contributed by atoms with van der Waals surface area (Å²) in [5.74, 6) is 0.303. The van der Waals surface area contributed by atoms with Crippen molar-refractivity contribution in [1.82, 2.24) is 19.5 Å². The highest BCUT2D eigenvalue weighted by Gasteiger charge is 2.13. The summed E-state index contributed by atoms with van der Waals surface area (Å²) >= 11 is 0. The van der Waals surface area contributed by atoms with E-state index in [1.54, 1.807) is 24.7 Å². The average molecular weight is 387 g/mol. The lowest BCUT2D eigenvalue weighted by atomic mass is 10.4. The number of aromatic nitrogens is 4. The number of ether oxygens (including phenoxy) is 3. The topological polar surface area (TPSA) is 141 Å². The lowest BCUT2D eigenvalue weighted by molar-refractivity contribution is -0.00819. The van der Waals surface area contributed by atoms with Crippen LogP contribution in [0.15, 0.2) is 12.7 Å². The van der Waals surface area contributed by atoms with Gasteiger partial charge in [0.1, 0.15) is 18.2 Å². The van der Waals surface area contributed by atoms with Crippen molar-refractivity contribution in [3.05, 3.63) is 12.7 Å². The van der Waals surface area contributed by atoms with Gasteiger partial charge in [0.2, 0.25) is 14.8 Å². The third-order valence-electron chi connectivity index (χ3n) is 3.10. The minimum atomic E-state index is -2.51. The van der Waals surface area contributed by atoms with Gasteiger partial charge in [0.05, 0.1) is 25.1 Å². The molecular formula is C14H22N5O6P. The Bertz CT molecular complexity index is 767. The van der Waals surface area contributed by atoms with Crippen LogP contribution in [0.25, 0.3) is 11.2 Å². The van der Waals surface area contributed by atoms with Crippen LogP contribution in [0.4, 0.5) is 10.6 Å².